The van der Waals surface area contributed by atoms with E-state index in [1.54, 1.807) is 49.5 Å². The molecule has 0 unspecified atom stereocenters. The Hall–Kier alpha value is -4.01. The molecule has 1 amide bonds. The average Bonchev–Trinajstić information content (AvgIpc) is 3.25. The lowest BCUT2D eigenvalue weighted by atomic mass is 10.1. The van der Waals surface area contributed by atoms with E-state index in [-0.39, 0.29) is 29.7 Å². The third-order valence-corrected chi connectivity index (χ3v) is 4.74. The number of hydrogen-bond acceptors (Lipinski definition) is 7. The van der Waals surface area contributed by atoms with E-state index in [2.05, 4.69) is 15.7 Å². The molecule has 1 aromatic heterocycles. The van der Waals surface area contributed by atoms with Gasteiger partial charge in [0.05, 0.1) is 6.20 Å². The second-order valence-corrected chi connectivity index (χ2v) is 7.74. The lowest BCUT2D eigenvalue weighted by molar-refractivity contribution is 0.0949. The number of aromatic nitrogens is 2. The zero-order valence-corrected chi connectivity index (χ0v) is 18.0. The van der Waals surface area contributed by atoms with Crippen molar-refractivity contribution < 1.29 is 19.0 Å². The Balaban J connectivity index is 1.60. The number of anilines is 2. The average molecular weight is 436 g/mol. The number of rotatable bonds is 7. The van der Waals surface area contributed by atoms with Gasteiger partial charge in [-0.25, -0.2) is 4.68 Å². The highest BCUT2D eigenvalue weighted by molar-refractivity contribution is 5.95. The minimum atomic E-state index is -0.377. The van der Waals surface area contributed by atoms with Crippen LogP contribution in [0.3, 0.4) is 0 Å². The number of nitrogens with zero attached hydrogens (tertiary/aromatic N) is 2. The lowest BCUT2D eigenvalue weighted by Crippen LogP contribution is -2.27. The van der Waals surface area contributed by atoms with Crippen molar-refractivity contribution in [3.8, 4) is 23.0 Å². The molecule has 0 fully saturated rings. The summed E-state index contributed by atoms with van der Waals surface area (Å²) in [5, 5.41) is 10.0. The van der Waals surface area contributed by atoms with Crippen LogP contribution in [0.2, 0.25) is 0 Å². The van der Waals surface area contributed by atoms with Crippen LogP contribution in [0, 0.1) is 5.92 Å². The van der Waals surface area contributed by atoms with Gasteiger partial charge in [-0.05, 0) is 36.2 Å². The summed E-state index contributed by atoms with van der Waals surface area (Å²) in [6.45, 7) is 4.79. The highest BCUT2D eigenvalue weighted by Gasteiger charge is 2.17. The van der Waals surface area contributed by atoms with E-state index in [9.17, 15) is 9.59 Å². The predicted molar refractivity (Wildman–Crippen MR) is 119 cm³/mol. The molecule has 0 spiro atoms. The molecule has 166 valence electrons. The Morgan fingerprint density at radius 2 is 2.00 bits per heavy atom. The molecule has 9 nitrogen and oxygen atoms in total. The molecule has 0 saturated carbocycles. The van der Waals surface area contributed by atoms with Crippen molar-refractivity contribution in [2.75, 3.05) is 18.7 Å². The summed E-state index contributed by atoms with van der Waals surface area (Å²) in [6, 6.07) is 12.0. The van der Waals surface area contributed by atoms with E-state index >= 15 is 0 Å². The molecule has 0 saturated heterocycles. The molecule has 0 atom stereocenters. The Bertz CT molecular complexity index is 1210. The monoisotopic (exact) mass is 436 g/mol. The molecule has 0 radical (unpaired) electrons. The number of ether oxygens (including phenoxy) is 3. The van der Waals surface area contributed by atoms with E-state index in [1.807, 2.05) is 13.8 Å². The van der Waals surface area contributed by atoms with Crippen LogP contribution in [0.1, 0.15) is 24.2 Å². The number of carbonyl (C=O) groups excluding carboxylic acids is 1. The summed E-state index contributed by atoms with van der Waals surface area (Å²) in [5.74, 6) is 2.06. The summed E-state index contributed by atoms with van der Waals surface area (Å²) in [5.41, 5.74) is 0.874. The lowest BCUT2D eigenvalue weighted by Gasteiger charge is -2.14. The molecule has 32 heavy (non-hydrogen) atoms. The molecule has 2 N–H and O–H groups in total. The largest absolute Gasteiger partial charge is 0.454 e. The van der Waals surface area contributed by atoms with Gasteiger partial charge in [0.1, 0.15) is 5.75 Å². The van der Waals surface area contributed by atoms with Crippen molar-refractivity contribution in [1.82, 2.24) is 15.1 Å². The smallest absolute Gasteiger partial charge is 0.294 e. The Labute approximate surface area is 184 Å². The van der Waals surface area contributed by atoms with Crippen molar-refractivity contribution in [1.29, 1.82) is 0 Å². The van der Waals surface area contributed by atoms with Gasteiger partial charge in [0, 0.05) is 30.9 Å². The van der Waals surface area contributed by atoms with E-state index < -0.39 is 0 Å². The Morgan fingerprint density at radius 3 is 2.81 bits per heavy atom. The zero-order chi connectivity index (χ0) is 22.7. The number of aryl methyl sites for hydroxylation is 1. The van der Waals surface area contributed by atoms with E-state index in [1.165, 1.54) is 10.9 Å². The van der Waals surface area contributed by atoms with Gasteiger partial charge in [0.2, 0.25) is 6.79 Å². The summed E-state index contributed by atoms with van der Waals surface area (Å²) in [7, 11) is 1.55. The number of carbonyl (C=O) groups is 1. The molecular formula is C23H24N4O5. The van der Waals surface area contributed by atoms with Gasteiger partial charge in [0.15, 0.2) is 22.9 Å². The number of hydrogen-bond donors (Lipinski definition) is 2. The number of fused-ring (bicyclic) bond motifs is 1. The minimum absolute atomic E-state index is 0.153. The maximum Gasteiger partial charge on any atom is 0.294 e. The van der Waals surface area contributed by atoms with Crippen LogP contribution in [-0.2, 0) is 7.05 Å². The molecule has 2 aromatic carbocycles. The Kier molecular flexibility index (Phi) is 5.98. The summed E-state index contributed by atoms with van der Waals surface area (Å²) in [4.78, 5) is 25.2. The number of nitrogens with one attached hydrogen (secondary N) is 2. The Morgan fingerprint density at radius 1 is 1.19 bits per heavy atom. The molecule has 4 rings (SSSR count). The van der Waals surface area contributed by atoms with Crippen LogP contribution in [0.25, 0.3) is 0 Å². The standard InChI is InChI=1S/C23H24N4O5/c1-14(2)11-24-22(28)15-5-4-6-16(9-15)26-21-20(12-25-27(3)23(21)29)32-17-7-8-18-19(10-17)31-13-30-18/h4-10,12,14,26H,11,13H2,1-3H3,(H,24,28). The van der Waals surface area contributed by atoms with Crippen LogP contribution >= 0.6 is 0 Å². The van der Waals surface area contributed by atoms with Crippen LogP contribution in [0.4, 0.5) is 11.4 Å². The number of amides is 1. The van der Waals surface area contributed by atoms with Gasteiger partial charge in [-0.2, -0.15) is 5.10 Å². The highest BCUT2D eigenvalue weighted by Crippen LogP contribution is 2.37. The molecule has 2 heterocycles. The second-order valence-electron chi connectivity index (χ2n) is 7.74. The maximum absolute atomic E-state index is 12.8. The molecule has 0 aliphatic carbocycles. The first-order valence-corrected chi connectivity index (χ1v) is 10.2. The normalized spacial score (nSPS) is 12.0. The van der Waals surface area contributed by atoms with E-state index in [0.717, 1.165) is 0 Å². The quantitative estimate of drug-likeness (QED) is 0.585. The SMILES string of the molecule is CC(C)CNC(=O)c1cccc(Nc2c(Oc3ccc4c(c3)OCO4)cnn(C)c2=O)c1. The van der Waals surface area contributed by atoms with Gasteiger partial charge < -0.3 is 24.8 Å². The van der Waals surface area contributed by atoms with Gasteiger partial charge in [-0.15, -0.1) is 0 Å². The topological polar surface area (TPSA) is 104 Å². The molecule has 3 aromatic rings. The van der Waals surface area contributed by atoms with Gasteiger partial charge in [-0.3, -0.25) is 9.59 Å². The van der Waals surface area contributed by atoms with Crippen molar-refractivity contribution in [3.05, 3.63) is 64.6 Å². The van der Waals surface area contributed by atoms with Crippen LogP contribution in [0.5, 0.6) is 23.0 Å². The molecule has 1 aliphatic rings. The summed E-state index contributed by atoms with van der Waals surface area (Å²) in [6.07, 6.45) is 1.45. The molecule has 9 heteroatoms. The fourth-order valence-corrected chi connectivity index (χ4v) is 3.06. The van der Waals surface area contributed by atoms with Crippen molar-refractivity contribution >= 4 is 17.3 Å². The first-order valence-electron chi connectivity index (χ1n) is 10.2. The van der Waals surface area contributed by atoms with E-state index in [0.29, 0.717) is 41.0 Å². The second kappa shape index (κ2) is 9.01. The van der Waals surface area contributed by atoms with E-state index in [4.69, 9.17) is 14.2 Å². The zero-order valence-electron chi connectivity index (χ0n) is 18.0. The van der Waals surface area contributed by atoms with Gasteiger partial charge in [0.25, 0.3) is 11.5 Å². The van der Waals surface area contributed by atoms with Crippen LogP contribution < -0.4 is 30.4 Å². The molecule has 0 bridgehead atoms. The third-order valence-electron chi connectivity index (χ3n) is 4.74. The third kappa shape index (κ3) is 4.66. The fourth-order valence-electron chi connectivity index (χ4n) is 3.06. The predicted octanol–water partition coefficient (Wildman–Crippen LogP) is 3.43. The summed E-state index contributed by atoms with van der Waals surface area (Å²) >= 11 is 0. The molecular weight excluding hydrogens is 412 g/mol. The first kappa shape index (κ1) is 21.2. The van der Waals surface area contributed by atoms with Gasteiger partial charge >= 0.3 is 0 Å². The van der Waals surface area contributed by atoms with Crippen molar-refractivity contribution in [3.63, 3.8) is 0 Å². The highest BCUT2D eigenvalue weighted by atomic mass is 16.7. The van der Waals surface area contributed by atoms with Crippen LogP contribution in [-0.4, -0.2) is 29.0 Å². The van der Waals surface area contributed by atoms with Gasteiger partial charge in [-0.1, -0.05) is 19.9 Å². The van der Waals surface area contributed by atoms with Crippen LogP contribution in [0.15, 0.2) is 53.5 Å². The number of benzene rings is 2. The maximum atomic E-state index is 12.8. The van der Waals surface area contributed by atoms with Crippen molar-refractivity contribution in [2.45, 2.75) is 13.8 Å². The van der Waals surface area contributed by atoms with Crippen molar-refractivity contribution in [2.24, 2.45) is 13.0 Å². The first-order chi connectivity index (χ1) is 15.4. The molecule has 1 aliphatic heterocycles. The fraction of sp³-hybridized carbons (Fsp3) is 0.261. The minimum Gasteiger partial charge on any atom is -0.454 e. The summed E-state index contributed by atoms with van der Waals surface area (Å²) < 4.78 is 17.8.